The summed E-state index contributed by atoms with van der Waals surface area (Å²) >= 11 is 0. The number of aryl methyl sites for hydroxylation is 3. The molecule has 20 heavy (non-hydrogen) atoms. The normalized spacial score (nSPS) is 10.9. The van der Waals surface area contributed by atoms with Crippen molar-refractivity contribution in [1.82, 2.24) is 10.1 Å². The molecular weight excluding hydrogens is 254 g/mol. The Kier molecular flexibility index (Phi) is 2.82. The van der Waals surface area contributed by atoms with Gasteiger partial charge in [0.25, 0.3) is 5.91 Å². The Morgan fingerprint density at radius 3 is 2.75 bits per heavy atom. The molecular formula is C15H15N3O2. The van der Waals surface area contributed by atoms with Crippen molar-refractivity contribution in [2.75, 3.05) is 5.32 Å². The van der Waals surface area contributed by atoms with E-state index in [4.69, 9.17) is 4.52 Å². The number of aromatic amines is 1. The first kappa shape index (κ1) is 12.5. The summed E-state index contributed by atoms with van der Waals surface area (Å²) in [5, 5.41) is 7.43. The molecule has 3 rings (SSSR count). The summed E-state index contributed by atoms with van der Waals surface area (Å²) in [6.07, 6.45) is 0. The van der Waals surface area contributed by atoms with Crippen LogP contribution in [0.5, 0.6) is 0 Å². The molecule has 5 heteroatoms. The van der Waals surface area contributed by atoms with E-state index in [-0.39, 0.29) is 5.91 Å². The number of hydrogen-bond acceptors (Lipinski definition) is 3. The predicted molar refractivity (Wildman–Crippen MR) is 77.0 cm³/mol. The van der Waals surface area contributed by atoms with E-state index in [2.05, 4.69) is 15.5 Å². The number of nitrogens with one attached hydrogen (secondary N) is 2. The van der Waals surface area contributed by atoms with Gasteiger partial charge in [0.05, 0.1) is 5.56 Å². The fourth-order valence-corrected chi connectivity index (χ4v) is 2.34. The quantitative estimate of drug-likeness (QED) is 0.749. The van der Waals surface area contributed by atoms with Crippen LogP contribution in [-0.2, 0) is 0 Å². The lowest BCUT2D eigenvalue weighted by atomic mass is 10.1. The average molecular weight is 269 g/mol. The molecule has 0 saturated carbocycles. The van der Waals surface area contributed by atoms with Gasteiger partial charge in [0.1, 0.15) is 5.76 Å². The van der Waals surface area contributed by atoms with E-state index in [1.165, 1.54) is 0 Å². The second-order valence-corrected chi connectivity index (χ2v) is 4.95. The fourth-order valence-electron chi connectivity index (χ4n) is 2.34. The van der Waals surface area contributed by atoms with Crippen LogP contribution in [0.1, 0.15) is 27.4 Å². The molecule has 0 bridgehead atoms. The second kappa shape index (κ2) is 4.52. The number of nitrogens with zero attached hydrogens (tertiary/aromatic N) is 1. The summed E-state index contributed by atoms with van der Waals surface area (Å²) in [6.45, 7) is 5.69. The van der Waals surface area contributed by atoms with Crippen LogP contribution in [0.25, 0.3) is 10.9 Å². The smallest absolute Gasteiger partial charge is 0.259 e. The molecule has 102 valence electrons. The molecule has 2 aromatic heterocycles. The van der Waals surface area contributed by atoms with Crippen molar-refractivity contribution in [3.8, 4) is 0 Å². The van der Waals surface area contributed by atoms with E-state index in [9.17, 15) is 4.79 Å². The average Bonchev–Trinajstić information content (AvgIpc) is 2.91. The molecule has 0 spiro atoms. The van der Waals surface area contributed by atoms with Gasteiger partial charge >= 0.3 is 0 Å². The summed E-state index contributed by atoms with van der Waals surface area (Å²) in [6, 6.07) is 7.66. The lowest BCUT2D eigenvalue weighted by Crippen LogP contribution is -2.12. The van der Waals surface area contributed by atoms with Crippen molar-refractivity contribution < 1.29 is 9.32 Å². The van der Waals surface area contributed by atoms with Crippen molar-refractivity contribution in [2.24, 2.45) is 0 Å². The zero-order valence-electron chi connectivity index (χ0n) is 11.6. The fraction of sp³-hybridized carbons (Fsp3) is 0.200. The predicted octanol–water partition coefficient (Wildman–Crippen LogP) is 3.33. The van der Waals surface area contributed by atoms with E-state index in [1.807, 2.05) is 32.0 Å². The Balaban J connectivity index is 2.01. The summed E-state index contributed by atoms with van der Waals surface area (Å²) in [5.74, 6) is 0.894. The van der Waals surface area contributed by atoms with Gasteiger partial charge in [-0.3, -0.25) is 4.79 Å². The van der Waals surface area contributed by atoms with E-state index in [1.54, 1.807) is 13.0 Å². The van der Waals surface area contributed by atoms with Crippen LogP contribution in [0.15, 0.2) is 28.8 Å². The van der Waals surface area contributed by atoms with E-state index >= 15 is 0 Å². The van der Waals surface area contributed by atoms with Gasteiger partial charge in [0.2, 0.25) is 0 Å². The number of rotatable bonds is 2. The van der Waals surface area contributed by atoms with Crippen LogP contribution >= 0.6 is 0 Å². The highest BCUT2D eigenvalue weighted by Crippen LogP contribution is 2.24. The summed E-state index contributed by atoms with van der Waals surface area (Å²) in [7, 11) is 0. The number of H-pyrrole nitrogens is 1. The van der Waals surface area contributed by atoms with E-state index < -0.39 is 0 Å². The molecule has 3 aromatic rings. The number of anilines is 1. The third kappa shape index (κ3) is 2.07. The van der Waals surface area contributed by atoms with E-state index in [0.29, 0.717) is 17.1 Å². The Hall–Kier alpha value is -2.56. The van der Waals surface area contributed by atoms with Gasteiger partial charge in [0.15, 0.2) is 5.82 Å². The highest BCUT2D eigenvalue weighted by molar-refractivity contribution is 6.13. The lowest BCUT2D eigenvalue weighted by Gasteiger charge is -2.01. The third-order valence-electron chi connectivity index (χ3n) is 3.24. The number of hydrogen-bond donors (Lipinski definition) is 2. The molecule has 0 aliphatic rings. The van der Waals surface area contributed by atoms with Gasteiger partial charge in [-0.2, -0.15) is 0 Å². The van der Waals surface area contributed by atoms with Crippen LogP contribution in [0.2, 0.25) is 0 Å². The first-order valence-corrected chi connectivity index (χ1v) is 6.38. The highest BCUT2D eigenvalue weighted by atomic mass is 16.5. The molecule has 0 unspecified atom stereocenters. The third-order valence-corrected chi connectivity index (χ3v) is 3.24. The number of amides is 1. The van der Waals surface area contributed by atoms with Crippen LogP contribution in [-0.4, -0.2) is 16.0 Å². The zero-order valence-corrected chi connectivity index (χ0v) is 11.6. The summed E-state index contributed by atoms with van der Waals surface area (Å²) in [4.78, 5) is 15.6. The maximum Gasteiger partial charge on any atom is 0.259 e. The second-order valence-electron chi connectivity index (χ2n) is 4.95. The first-order valence-electron chi connectivity index (χ1n) is 6.38. The van der Waals surface area contributed by atoms with Gasteiger partial charge in [-0.15, -0.1) is 0 Å². The van der Waals surface area contributed by atoms with Gasteiger partial charge in [-0.25, -0.2) is 0 Å². The van der Waals surface area contributed by atoms with Crippen LogP contribution in [0.3, 0.4) is 0 Å². The largest absolute Gasteiger partial charge is 0.360 e. The molecule has 0 radical (unpaired) electrons. The minimum atomic E-state index is -0.189. The lowest BCUT2D eigenvalue weighted by molar-refractivity contribution is 0.102. The first-order chi connectivity index (χ1) is 9.54. The van der Waals surface area contributed by atoms with Crippen molar-refractivity contribution in [1.29, 1.82) is 0 Å². The Bertz CT molecular complexity index is 799. The Morgan fingerprint density at radius 2 is 2.05 bits per heavy atom. The van der Waals surface area contributed by atoms with Crippen LogP contribution in [0, 0.1) is 20.8 Å². The van der Waals surface area contributed by atoms with E-state index in [0.717, 1.165) is 22.2 Å². The standard InChI is InChI=1S/C15H15N3O2/c1-8-4-5-11-12(6-8)16-10(3)14(11)15(19)17-13-7-9(2)20-18-13/h4-7,16H,1-3H3,(H,17,18,19). The van der Waals surface area contributed by atoms with Gasteiger partial charge < -0.3 is 14.8 Å². The number of carbonyl (C=O) groups is 1. The molecule has 0 saturated heterocycles. The molecule has 0 aliphatic carbocycles. The van der Waals surface area contributed by atoms with Gasteiger partial charge in [-0.1, -0.05) is 17.3 Å². The molecule has 1 amide bonds. The van der Waals surface area contributed by atoms with Crippen LogP contribution < -0.4 is 5.32 Å². The number of carbonyl (C=O) groups excluding carboxylic acids is 1. The zero-order chi connectivity index (χ0) is 14.3. The Labute approximate surface area is 116 Å². The van der Waals surface area contributed by atoms with Crippen molar-refractivity contribution in [2.45, 2.75) is 20.8 Å². The van der Waals surface area contributed by atoms with Crippen LogP contribution in [0.4, 0.5) is 5.82 Å². The minimum absolute atomic E-state index is 0.189. The monoisotopic (exact) mass is 269 g/mol. The Morgan fingerprint density at radius 1 is 1.25 bits per heavy atom. The van der Waals surface area contributed by atoms with Gasteiger partial charge in [-0.05, 0) is 32.4 Å². The van der Waals surface area contributed by atoms with Gasteiger partial charge in [0, 0.05) is 22.7 Å². The molecule has 0 aliphatic heterocycles. The maximum absolute atomic E-state index is 12.4. The molecule has 0 fully saturated rings. The topological polar surface area (TPSA) is 70.9 Å². The van der Waals surface area contributed by atoms with Crippen molar-refractivity contribution >= 4 is 22.6 Å². The highest BCUT2D eigenvalue weighted by Gasteiger charge is 2.17. The minimum Gasteiger partial charge on any atom is -0.360 e. The van der Waals surface area contributed by atoms with Crippen molar-refractivity contribution in [3.63, 3.8) is 0 Å². The molecule has 2 heterocycles. The van der Waals surface area contributed by atoms with Crippen molar-refractivity contribution in [3.05, 3.63) is 46.8 Å². The maximum atomic E-state index is 12.4. The SMILES string of the molecule is Cc1ccc2c(C(=O)Nc3cc(C)on3)c(C)[nH]c2c1. The number of aromatic nitrogens is 2. The molecule has 0 atom stereocenters. The molecule has 1 aromatic carbocycles. The molecule has 2 N–H and O–H groups in total. The number of benzene rings is 1. The summed E-state index contributed by atoms with van der Waals surface area (Å²) < 4.78 is 4.94. The molecule has 5 nitrogen and oxygen atoms in total. The number of fused-ring (bicyclic) bond motifs is 1. The summed E-state index contributed by atoms with van der Waals surface area (Å²) in [5.41, 5.74) is 3.59.